The molecule has 0 amide bonds. The van der Waals surface area contributed by atoms with Gasteiger partial charge in [0, 0.05) is 17.8 Å². The molecule has 26 heavy (non-hydrogen) atoms. The molecule has 1 fully saturated rings. The highest BCUT2D eigenvalue weighted by atomic mass is 16.5. The zero-order valence-electron chi connectivity index (χ0n) is 15.4. The summed E-state index contributed by atoms with van der Waals surface area (Å²) in [5, 5.41) is 6.69. The fourth-order valence-electron chi connectivity index (χ4n) is 3.24. The van der Waals surface area contributed by atoms with E-state index in [9.17, 15) is 4.79 Å². The van der Waals surface area contributed by atoms with Crippen LogP contribution in [-0.4, -0.2) is 28.6 Å². The van der Waals surface area contributed by atoms with Gasteiger partial charge in [-0.2, -0.15) is 4.98 Å². The summed E-state index contributed by atoms with van der Waals surface area (Å²) in [4.78, 5) is 21.2. The molecule has 1 aliphatic rings. The quantitative estimate of drug-likeness (QED) is 0.747. The third kappa shape index (κ3) is 4.71. The van der Waals surface area contributed by atoms with Crippen LogP contribution >= 0.6 is 0 Å². The van der Waals surface area contributed by atoms with Crippen LogP contribution in [0.1, 0.15) is 55.1 Å². The van der Waals surface area contributed by atoms with Gasteiger partial charge in [-0.3, -0.25) is 0 Å². The van der Waals surface area contributed by atoms with Gasteiger partial charge in [-0.25, -0.2) is 9.78 Å². The lowest BCUT2D eigenvalue weighted by atomic mass is 9.96. The molecule has 6 nitrogen and oxygen atoms in total. The lowest BCUT2D eigenvalue weighted by Crippen LogP contribution is -2.23. The average Bonchev–Trinajstić information content (AvgIpc) is 2.63. The van der Waals surface area contributed by atoms with Gasteiger partial charge in [-0.05, 0) is 38.8 Å². The normalized spacial score (nSPS) is 14.7. The lowest BCUT2D eigenvalue weighted by Gasteiger charge is -2.23. The number of anilines is 3. The molecule has 138 valence electrons. The molecule has 1 aromatic heterocycles. The van der Waals surface area contributed by atoms with Crippen molar-refractivity contribution in [3.05, 3.63) is 41.6 Å². The van der Waals surface area contributed by atoms with Crippen molar-refractivity contribution in [3.63, 3.8) is 0 Å². The summed E-state index contributed by atoms with van der Waals surface area (Å²) in [7, 11) is 0. The number of benzene rings is 1. The number of ether oxygens (including phenoxy) is 1. The van der Waals surface area contributed by atoms with E-state index in [2.05, 4.69) is 20.6 Å². The van der Waals surface area contributed by atoms with Crippen LogP contribution in [0.4, 0.5) is 17.5 Å². The Bertz CT molecular complexity index is 757. The van der Waals surface area contributed by atoms with Gasteiger partial charge in [0.15, 0.2) is 0 Å². The SMILES string of the molecule is CCOC(=O)c1ccccc1Nc1cc(C)nc(NC2CCCCC2)n1. The van der Waals surface area contributed by atoms with Crippen molar-refractivity contribution in [3.8, 4) is 0 Å². The first-order valence-electron chi connectivity index (χ1n) is 9.31. The summed E-state index contributed by atoms with van der Waals surface area (Å²) < 4.78 is 5.13. The molecule has 2 N–H and O–H groups in total. The molecule has 0 spiro atoms. The number of carbonyl (C=O) groups is 1. The maximum Gasteiger partial charge on any atom is 0.340 e. The molecule has 0 atom stereocenters. The van der Waals surface area contributed by atoms with E-state index in [1.807, 2.05) is 31.2 Å². The van der Waals surface area contributed by atoms with Crippen LogP contribution in [0.3, 0.4) is 0 Å². The third-order valence-electron chi connectivity index (χ3n) is 4.48. The van der Waals surface area contributed by atoms with E-state index >= 15 is 0 Å². The highest BCUT2D eigenvalue weighted by molar-refractivity contribution is 5.96. The van der Waals surface area contributed by atoms with Crippen LogP contribution < -0.4 is 10.6 Å². The Morgan fingerprint density at radius 2 is 1.96 bits per heavy atom. The minimum atomic E-state index is -0.345. The van der Waals surface area contributed by atoms with Crippen LogP contribution in [-0.2, 0) is 4.74 Å². The van der Waals surface area contributed by atoms with Gasteiger partial charge in [0.05, 0.1) is 17.9 Å². The summed E-state index contributed by atoms with van der Waals surface area (Å²) in [5.41, 5.74) is 2.04. The highest BCUT2D eigenvalue weighted by Crippen LogP contribution is 2.24. The van der Waals surface area contributed by atoms with Crippen LogP contribution in [0.2, 0.25) is 0 Å². The van der Waals surface area contributed by atoms with Crippen LogP contribution in [0.15, 0.2) is 30.3 Å². The molecule has 1 heterocycles. The number of carbonyl (C=O) groups excluding carboxylic acids is 1. The molecule has 2 aromatic rings. The largest absolute Gasteiger partial charge is 0.462 e. The molecule has 6 heteroatoms. The minimum Gasteiger partial charge on any atom is -0.462 e. The van der Waals surface area contributed by atoms with E-state index in [0.717, 1.165) is 18.5 Å². The van der Waals surface area contributed by atoms with Crippen LogP contribution in [0.25, 0.3) is 0 Å². The zero-order chi connectivity index (χ0) is 18.4. The Balaban J connectivity index is 1.79. The first-order valence-corrected chi connectivity index (χ1v) is 9.31. The van der Waals surface area contributed by atoms with Gasteiger partial charge in [-0.1, -0.05) is 31.4 Å². The summed E-state index contributed by atoms with van der Waals surface area (Å²) >= 11 is 0. The predicted octanol–water partition coefficient (Wildman–Crippen LogP) is 4.45. The number of hydrogen-bond donors (Lipinski definition) is 2. The third-order valence-corrected chi connectivity index (χ3v) is 4.48. The van der Waals surface area contributed by atoms with Gasteiger partial charge in [0.2, 0.25) is 5.95 Å². The first kappa shape index (κ1) is 18.2. The Morgan fingerprint density at radius 1 is 1.19 bits per heavy atom. The molecule has 0 radical (unpaired) electrons. The summed E-state index contributed by atoms with van der Waals surface area (Å²) in [5.74, 6) is 0.947. The molecule has 1 saturated carbocycles. The van der Waals surface area contributed by atoms with Gasteiger partial charge in [0.1, 0.15) is 5.82 Å². The highest BCUT2D eigenvalue weighted by Gasteiger charge is 2.16. The van der Waals surface area contributed by atoms with E-state index in [1.54, 1.807) is 13.0 Å². The Kier molecular flexibility index (Phi) is 6.04. The molecule has 0 aliphatic heterocycles. The van der Waals surface area contributed by atoms with Gasteiger partial charge >= 0.3 is 5.97 Å². The van der Waals surface area contributed by atoms with Crippen molar-refractivity contribution >= 4 is 23.4 Å². The molecular formula is C20H26N4O2. The van der Waals surface area contributed by atoms with Gasteiger partial charge < -0.3 is 15.4 Å². The molecule has 0 bridgehead atoms. The molecule has 0 unspecified atom stereocenters. The first-order chi connectivity index (χ1) is 12.7. The van der Waals surface area contributed by atoms with E-state index in [0.29, 0.717) is 35.7 Å². The number of esters is 1. The molecule has 1 aromatic carbocycles. The second-order valence-corrected chi connectivity index (χ2v) is 6.59. The lowest BCUT2D eigenvalue weighted by molar-refractivity contribution is 0.0527. The second kappa shape index (κ2) is 8.65. The van der Waals surface area contributed by atoms with Crippen LogP contribution in [0.5, 0.6) is 0 Å². The Morgan fingerprint density at radius 3 is 2.73 bits per heavy atom. The maximum atomic E-state index is 12.1. The van der Waals surface area contributed by atoms with Crippen molar-refractivity contribution in [2.75, 3.05) is 17.2 Å². The van der Waals surface area contributed by atoms with Crippen molar-refractivity contribution in [1.82, 2.24) is 9.97 Å². The summed E-state index contributed by atoms with van der Waals surface area (Å²) in [6, 6.07) is 9.59. The average molecular weight is 354 g/mol. The van der Waals surface area contributed by atoms with E-state index in [4.69, 9.17) is 4.74 Å². The fourth-order valence-corrected chi connectivity index (χ4v) is 3.24. The monoisotopic (exact) mass is 354 g/mol. The van der Waals surface area contributed by atoms with Crippen LogP contribution in [0, 0.1) is 6.92 Å². The predicted molar refractivity (Wildman–Crippen MR) is 103 cm³/mol. The second-order valence-electron chi connectivity index (χ2n) is 6.59. The van der Waals surface area contributed by atoms with Gasteiger partial charge in [-0.15, -0.1) is 0 Å². The molecule has 0 saturated heterocycles. The van der Waals surface area contributed by atoms with Crippen molar-refractivity contribution in [1.29, 1.82) is 0 Å². The number of hydrogen-bond acceptors (Lipinski definition) is 6. The maximum absolute atomic E-state index is 12.1. The molecular weight excluding hydrogens is 328 g/mol. The number of rotatable bonds is 6. The minimum absolute atomic E-state index is 0.342. The van der Waals surface area contributed by atoms with Crippen molar-refractivity contribution in [2.45, 2.75) is 52.0 Å². The van der Waals surface area contributed by atoms with Crippen molar-refractivity contribution < 1.29 is 9.53 Å². The molecule has 3 rings (SSSR count). The standard InChI is InChI=1S/C20H26N4O2/c1-3-26-19(25)16-11-7-8-12-17(16)23-18-13-14(2)21-20(24-18)22-15-9-5-4-6-10-15/h7-8,11-13,15H,3-6,9-10H2,1-2H3,(H2,21,22,23,24). The number of aryl methyl sites for hydroxylation is 1. The van der Waals surface area contributed by atoms with E-state index in [1.165, 1.54) is 19.3 Å². The Hall–Kier alpha value is -2.63. The number of aromatic nitrogens is 2. The van der Waals surface area contributed by atoms with Gasteiger partial charge in [0.25, 0.3) is 0 Å². The zero-order valence-corrected chi connectivity index (χ0v) is 15.4. The van der Waals surface area contributed by atoms with E-state index in [-0.39, 0.29) is 5.97 Å². The number of nitrogens with zero attached hydrogens (tertiary/aromatic N) is 2. The summed E-state index contributed by atoms with van der Waals surface area (Å²) in [6.07, 6.45) is 6.13. The fraction of sp³-hybridized carbons (Fsp3) is 0.450. The molecule has 1 aliphatic carbocycles. The Labute approximate surface area is 154 Å². The smallest absolute Gasteiger partial charge is 0.340 e. The van der Waals surface area contributed by atoms with E-state index < -0.39 is 0 Å². The number of para-hydroxylation sites is 1. The summed E-state index contributed by atoms with van der Waals surface area (Å²) in [6.45, 7) is 4.08. The topological polar surface area (TPSA) is 76.1 Å². The number of nitrogens with one attached hydrogen (secondary N) is 2. The van der Waals surface area contributed by atoms with Crippen molar-refractivity contribution in [2.24, 2.45) is 0 Å².